The molecule has 4 amide bonds. The molecule has 1 heterocycles. The molecule has 3 rings (SSSR count). The zero-order valence-corrected chi connectivity index (χ0v) is 17.7. The second kappa shape index (κ2) is 10.3. The lowest BCUT2D eigenvalue weighted by atomic mass is 10.1. The number of urea groups is 2. The van der Waals surface area contributed by atoms with Crippen LogP contribution in [0.15, 0.2) is 48.5 Å². The molecule has 0 bridgehead atoms. The molecule has 3 N–H and O–H groups in total. The quantitative estimate of drug-likeness (QED) is 0.561. The number of nitrogens with zero attached hydrogens (tertiary/aromatic N) is 2. The number of aryl methyl sites for hydroxylation is 1. The highest BCUT2D eigenvalue weighted by molar-refractivity contribution is 6.30. The van der Waals surface area contributed by atoms with Crippen molar-refractivity contribution in [2.75, 3.05) is 18.5 Å². The SMILES string of the molecule is CCCCc1ccc(NC2NC(=O)N(CCO)C(=O)N2Cc2ccc(Cl)cc2)cc1. The smallest absolute Gasteiger partial charge is 0.331 e. The van der Waals surface area contributed by atoms with Crippen LogP contribution in [0, 0.1) is 0 Å². The van der Waals surface area contributed by atoms with Crippen LogP contribution < -0.4 is 10.6 Å². The number of benzene rings is 2. The maximum absolute atomic E-state index is 13.0. The number of imide groups is 1. The number of rotatable bonds is 9. The number of hydrogen-bond acceptors (Lipinski definition) is 4. The zero-order chi connectivity index (χ0) is 21.5. The van der Waals surface area contributed by atoms with Crippen molar-refractivity contribution >= 4 is 29.4 Å². The van der Waals surface area contributed by atoms with Crippen LogP contribution in [-0.2, 0) is 13.0 Å². The van der Waals surface area contributed by atoms with Crippen molar-refractivity contribution < 1.29 is 14.7 Å². The number of hydrogen-bond donors (Lipinski definition) is 3. The van der Waals surface area contributed by atoms with E-state index in [1.165, 1.54) is 10.5 Å². The Kier molecular flexibility index (Phi) is 7.54. The number of aliphatic hydroxyl groups excluding tert-OH is 1. The van der Waals surface area contributed by atoms with Gasteiger partial charge in [0.1, 0.15) is 0 Å². The molecule has 8 heteroatoms. The van der Waals surface area contributed by atoms with Crippen LogP contribution in [0.2, 0.25) is 5.02 Å². The normalized spacial score (nSPS) is 16.6. The third kappa shape index (κ3) is 5.43. The highest BCUT2D eigenvalue weighted by Crippen LogP contribution is 2.20. The van der Waals surface area contributed by atoms with Gasteiger partial charge in [-0.3, -0.25) is 10.2 Å². The van der Waals surface area contributed by atoms with Gasteiger partial charge >= 0.3 is 12.1 Å². The maximum Gasteiger partial charge on any atom is 0.331 e. The Labute approximate surface area is 181 Å². The van der Waals surface area contributed by atoms with Crippen molar-refractivity contribution in [1.82, 2.24) is 15.1 Å². The Bertz CT molecular complexity index is 858. The summed E-state index contributed by atoms with van der Waals surface area (Å²) >= 11 is 5.96. The molecular weight excluding hydrogens is 404 g/mol. The van der Waals surface area contributed by atoms with Crippen LogP contribution >= 0.6 is 11.6 Å². The Morgan fingerprint density at radius 1 is 1.07 bits per heavy atom. The Morgan fingerprint density at radius 2 is 1.73 bits per heavy atom. The lowest BCUT2D eigenvalue weighted by molar-refractivity contribution is 0.0992. The summed E-state index contributed by atoms with van der Waals surface area (Å²) < 4.78 is 0. The minimum atomic E-state index is -0.725. The van der Waals surface area contributed by atoms with E-state index < -0.39 is 18.4 Å². The van der Waals surface area contributed by atoms with E-state index in [-0.39, 0.29) is 19.7 Å². The van der Waals surface area contributed by atoms with Gasteiger partial charge in [0, 0.05) is 10.7 Å². The molecule has 30 heavy (non-hydrogen) atoms. The van der Waals surface area contributed by atoms with E-state index in [4.69, 9.17) is 11.6 Å². The summed E-state index contributed by atoms with van der Waals surface area (Å²) in [7, 11) is 0. The third-order valence-electron chi connectivity index (χ3n) is 4.96. The molecule has 1 unspecified atom stereocenters. The fraction of sp³-hybridized carbons (Fsp3) is 0.364. The average molecular weight is 431 g/mol. The number of β-amino-alcohol motifs (C(OH)–C–C–N with tert-alkyl or cyclic N) is 1. The van der Waals surface area contributed by atoms with E-state index in [1.807, 2.05) is 36.4 Å². The van der Waals surface area contributed by atoms with Gasteiger partial charge in [-0.15, -0.1) is 0 Å². The van der Waals surface area contributed by atoms with E-state index in [2.05, 4.69) is 17.6 Å². The van der Waals surface area contributed by atoms with Crippen molar-refractivity contribution in [3.8, 4) is 0 Å². The van der Waals surface area contributed by atoms with Gasteiger partial charge < -0.3 is 10.4 Å². The predicted molar refractivity (Wildman–Crippen MR) is 117 cm³/mol. The molecule has 160 valence electrons. The van der Waals surface area contributed by atoms with Gasteiger partial charge in [0.2, 0.25) is 0 Å². The van der Waals surface area contributed by atoms with Gasteiger partial charge in [0.05, 0.1) is 19.7 Å². The molecule has 2 aromatic rings. The number of amides is 4. The largest absolute Gasteiger partial charge is 0.395 e. The summed E-state index contributed by atoms with van der Waals surface area (Å²) in [6.45, 7) is 2.06. The van der Waals surface area contributed by atoms with Crippen LogP contribution in [0.3, 0.4) is 0 Å². The van der Waals surface area contributed by atoms with Gasteiger partial charge in [0.15, 0.2) is 6.29 Å². The zero-order valence-electron chi connectivity index (χ0n) is 17.0. The first-order valence-corrected chi connectivity index (χ1v) is 10.5. The standard InChI is InChI=1S/C22H27ClN4O3/c1-2-3-4-16-7-11-19(12-8-16)24-20-25-21(29)26(13-14-28)22(30)27(20)15-17-5-9-18(23)10-6-17/h5-12,20,24,28H,2-4,13-15H2,1H3,(H,25,29). The Balaban J connectivity index is 1.79. The number of unbranched alkanes of at least 4 members (excludes halogenated alkanes) is 1. The molecule has 0 radical (unpaired) electrons. The summed E-state index contributed by atoms with van der Waals surface area (Å²) in [4.78, 5) is 27.9. The average Bonchev–Trinajstić information content (AvgIpc) is 2.75. The first-order valence-electron chi connectivity index (χ1n) is 10.1. The van der Waals surface area contributed by atoms with E-state index in [0.717, 1.165) is 35.4 Å². The first-order chi connectivity index (χ1) is 14.5. The predicted octanol–water partition coefficient (Wildman–Crippen LogP) is 4.02. The Hall–Kier alpha value is -2.77. The topological polar surface area (TPSA) is 84.9 Å². The van der Waals surface area contributed by atoms with Crippen molar-refractivity contribution in [3.63, 3.8) is 0 Å². The van der Waals surface area contributed by atoms with Crippen LogP contribution in [0.1, 0.15) is 30.9 Å². The fourth-order valence-corrected chi connectivity index (χ4v) is 3.41. The highest BCUT2D eigenvalue weighted by Gasteiger charge is 2.38. The van der Waals surface area contributed by atoms with E-state index >= 15 is 0 Å². The Morgan fingerprint density at radius 3 is 2.37 bits per heavy atom. The van der Waals surface area contributed by atoms with Crippen LogP contribution in [0.5, 0.6) is 0 Å². The van der Waals surface area contributed by atoms with Crippen molar-refractivity contribution in [2.24, 2.45) is 0 Å². The molecule has 1 fully saturated rings. The number of carbonyl (C=O) groups is 2. The number of halogens is 1. The molecule has 0 spiro atoms. The molecule has 0 aromatic heterocycles. The van der Waals surface area contributed by atoms with Crippen LogP contribution in [-0.4, -0.2) is 46.4 Å². The first kappa shape index (κ1) is 21.9. The second-order valence-electron chi connectivity index (χ2n) is 7.21. The summed E-state index contributed by atoms with van der Waals surface area (Å²) in [6.07, 6.45) is 2.57. The molecule has 1 atom stereocenters. The minimum Gasteiger partial charge on any atom is -0.395 e. The summed E-state index contributed by atoms with van der Waals surface area (Å²) in [6, 6.07) is 14.2. The van der Waals surface area contributed by atoms with Crippen molar-refractivity contribution in [1.29, 1.82) is 0 Å². The number of aliphatic hydroxyl groups is 1. The molecule has 1 aliphatic heterocycles. The summed E-state index contributed by atoms with van der Waals surface area (Å²) in [5.74, 6) is 0. The van der Waals surface area contributed by atoms with Crippen LogP contribution in [0.25, 0.3) is 0 Å². The molecule has 2 aromatic carbocycles. The molecule has 0 aliphatic carbocycles. The van der Waals surface area contributed by atoms with Gasteiger partial charge in [0.25, 0.3) is 0 Å². The lowest BCUT2D eigenvalue weighted by Crippen LogP contribution is -2.67. The molecule has 1 saturated heterocycles. The van der Waals surface area contributed by atoms with Gasteiger partial charge in [-0.1, -0.05) is 49.2 Å². The number of carbonyl (C=O) groups excluding carboxylic acids is 2. The van der Waals surface area contributed by atoms with E-state index in [1.54, 1.807) is 12.1 Å². The number of anilines is 1. The number of nitrogens with one attached hydrogen (secondary N) is 2. The van der Waals surface area contributed by atoms with Gasteiger partial charge in [-0.25, -0.2) is 14.5 Å². The fourth-order valence-electron chi connectivity index (χ4n) is 3.29. The molecule has 0 saturated carbocycles. The highest BCUT2D eigenvalue weighted by atomic mass is 35.5. The molecule has 7 nitrogen and oxygen atoms in total. The molecular formula is C22H27ClN4O3. The van der Waals surface area contributed by atoms with Crippen molar-refractivity contribution in [2.45, 2.75) is 39.0 Å². The van der Waals surface area contributed by atoms with Crippen molar-refractivity contribution in [3.05, 3.63) is 64.7 Å². The van der Waals surface area contributed by atoms with E-state index in [9.17, 15) is 14.7 Å². The monoisotopic (exact) mass is 430 g/mol. The second-order valence-corrected chi connectivity index (χ2v) is 7.65. The molecule has 1 aliphatic rings. The van der Waals surface area contributed by atoms with Gasteiger partial charge in [-0.05, 0) is 48.2 Å². The summed E-state index contributed by atoms with van der Waals surface area (Å²) in [5, 5.41) is 15.9. The minimum absolute atomic E-state index is 0.0688. The lowest BCUT2D eigenvalue weighted by Gasteiger charge is -2.41. The summed E-state index contributed by atoms with van der Waals surface area (Å²) in [5.41, 5.74) is 2.91. The van der Waals surface area contributed by atoms with E-state index in [0.29, 0.717) is 5.02 Å². The van der Waals surface area contributed by atoms with Crippen LogP contribution in [0.4, 0.5) is 15.3 Å². The van der Waals surface area contributed by atoms with Gasteiger partial charge in [-0.2, -0.15) is 0 Å². The maximum atomic E-state index is 13.0. The third-order valence-corrected chi connectivity index (χ3v) is 5.21.